The van der Waals surface area contributed by atoms with E-state index in [0.29, 0.717) is 0 Å². The first kappa shape index (κ1) is 13.1. The molecule has 0 saturated heterocycles. The summed E-state index contributed by atoms with van der Waals surface area (Å²) in [7, 11) is 0. The van der Waals surface area contributed by atoms with Crippen molar-refractivity contribution in [2.45, 2.75) is 0 Å². The zero-order chi connectivity index (χ0) is 9.98. The highest BCUT2D eigenvalue weighted by Crippen LogP contribution is 2.21. The number of rotatable bonds is 0. The largest absolute Gasteiger partial charge is 0.504 e. The molecule has 1 aromatic carbocycles. The summed E-state index contributed by atoms with van der Waals surface area (Å²) in [6.07, 6.45) is 0. The first-order valence-electron chi connectivity index (χ1n) is 3.11. The molecule has 1 rings (SSSR count). The average Bonchev–Trinajstić information content (AvgIpc) is 2.17. The van der Waals surface area contributed by atoms with Gasteiger partial charge in [-0.15, -0.1) is 13.2 Å². The number of hydrogen-bond donors (Lipinski definition) is 4. The number of phenolic OH excluding ortho intramolecular Hbond substituents is 2. The fourth-order valence-electron chi connectivity index (χ4n) is 0.464. The molecule has 0 fully saturated rings. The van der Waals surface area contributed by atoms with E-state index in [0.717, 1.165) is 0 Å². The molecule has 0 radical (unpaired) electrons. The molecule has 0 aromatic heterocycles. The fraction of sp³-hybridized carbons (Fsp3) is 0. The van der Waals surface area contributed by atoms with Crippen LogP contribution in [0.4, 0.5) is 0 Å². The summed E-state index contributed by atoms with van der Waals surface area (Å²) in [5.41, 5.74) is 0. The first-order chi connectivity index (χ1) is 5.80. The number of para-hydroxylation sites is 2. The minimum atomic E-state index is -0.0764. The molecule has 1 aromatic rings. The average molecular weight is 170 g/mol. The van der Waals surface area contributed by atoms with Gasteiger partial charge in [0, 0.05) is 0 Å². The second-order valence-corrected chi connectivity index (χ2v) is 1.49. The van der Waals surface area contributed by atoms with Gasteiger partial charge in [-0.3, -0.25) is 11.7 Å². The van der Waals surface area contributed by atoms with Crippen molar-refractivity contribution in [3.8, 4) is 11.5 Å². The molecule has 0 heterocycles. The van der Waals surface area contributed by atoms with Crippen LogP contribution in [0.25, 0.3) is 0 Å². The molecule has 0 atom stereocenters. The van der Waals surface area contributed by atoms with Crippen molar-refractivity contribution in [1.82, 2.24) is 0 Å². The molecule has 0 saturated carbocycles. The monoisotopic (exact) mass is 170 g/mol. The van der Waals surface area contributed by atoms with Crippen molar-refractivity contribution in [2.75, 3.05) is 0 Å². The molecule has 0 aliphatic heterocycles. The fourth-order valence-corrected chi connectivity index (χ4v) is 0.464. The van der Waals surface area contributed by atoms with Crippen LogP contribution in [0.2, 0.25) is 0 Å². The Balaban J connectivity index is 0. The Bertz CT molecular complexity index is 183. The number of hydrazine groups is 1. The number of benzene rings is 1. The Morgan fingerprint density at radius 1 is 0.917 bits per heavy atom. The van der Waals surface area contributed by atoms with Crippen LogP contribution in [-0.2, 0) is 0 Å². The SMILES string of the molecule is C=C.NN.Oc1ccccc1O. The lowest BCUT2D eigenvalue weighted by atomic mass is 10.3. The van der Waals surface area contributed by atoms with Gasteiger partial charge in [0.25, 0.3) is 0 Å². The van der Waals surface area contributed by atoms with Gasteiger partial charge >= 0.3 is 0 Å². The van der Waals surface area contributed by atoms with Gasteiger partial charge in [0.05, 0.1) is 0 Å². The number of aromatic hydroxyl groups is 2. The van der Waals surface area contributed by atoms with Gasteiger partial charge < -0.3 is 10.2 Å². The molecule has 6 N–H and O–H groups in total. The van der Waals surface area contributed by atoms with Gasteiger partial charge in [-0.25, -0.2) is 0 Å². The molecular weight excluding hydrogens is 156 g/mol. The summed E-state index contributed by atoms with van der Waals surface area (Å²) in [6, 6.07) is 6.15. The van der Waals surface area contributed by atoms with Crippen LogP contribution in [-0.4, -0.2) is 10.2 Å². The molecule has 0 bridgehead atoms. The third kappa shape index (κ3) is 5.28. The summed E-state index contributed by atoms with van der Waals surface area (Å²) in [6.45, 7) is 6.00. The third-order valence-electron chi connectivity index (χ3n) is 0.882. The predicted molar refractivity (Wildman–Crippen MR) is 49.4 cm³/mol. The Kier molecular flexibility index (Phi) is 10.3. The van der Waals surface area contributed by atoms with E-state index in [1.165, 1.54) is 12.1 Å². The van der Waals surface area contributed by atoms with E-state index in [9.17, 15) is 0 Å². The van der Waals surface area contributed by atoms with Crippen LogP contribution >= 0.6 is 0 Å². The Labute approximate surface area is 71.7 Å². The van der Waals surface area contributed by atoms with Crippen LogP contribution in [0.3, 0.4) is 0 Å². The molecular formula is C8H14N2O2. The molecule has 4 heteroatoms. The Morgan fingerprint density at radius 2 is 1.17 bits per heavy atom. The Hall–Kier alpha value is -1.52. The van der Waals surface area contributed by atoms with Crippen molar-refractivity contribution >= 4 is 0 Å². The third-order valence-corrected chi connectivity index (χ3v) is 0.882. The summed E-state index contributed by atoms with van der Waals surface area (Å²) < 4.78 is 0. The lowest BCUT2D eigenvalue weighted by molar-refractivity contribution is 0.404. The van der Waals surface area contributed by atoms with E-state index in [4.69, 9.17) is 10.2 Å². The van der Waals surface area contributed by atoms with E-state index in [1.807, 2.05) is 0 Å². The maximum Gasteiger partial charge on any atom is 0.157 e. The molecule has 0 unspecified atom stereocenters. The van der Waals surface area contributed by atoms with E-state index >= 15 is 0 Å². The van der Waals surface area contributed by atoms with Crippen molar-refractivity contribution in [1.29, 1.82) is 0 Å². The maximum atomic E-state index is 8.67. The highest BCUT2D eigenvalue weighted by molar-refractivity contribution is 5.36. The number of phenols is 2. The smallest absolute Gasteiger partial charge is 0.157 e. The van der Waals surface area contributed by atoms with E-state index in [1.54, 1.807) is 12.1 Å². The quantitative estimate of drug-likeness (QED) is 0.200. The van der Waals surface area contributed by atoms with Crippen molar-refractivity contribution in [3.63, 3.8) is 0 Å². The molecule has 4 nitrogen and oxygen atoms in total. The molecule has 68 valence electrons. The number of nitrogens with two attached hydrogens (primary N) is 2. The van der Waals surface area contributed by atoms with Crippen molar-refractivity contribution in [3.05, 3.63) is 37.4 Å². The second kappa shape index (κ2) is 9.48. The van der Waals surface area contributed by atoms with E-state index in [2.05, 4.69) is 24.8 Å². The van der Waals surface area contributed by atoms with Crippen LogP contribution in [0, 0.1) is 0 Å². The molecule has 12 heavy (non-hydrogen) atoms. The normalized spacial score (nSPS) is 6.83. The lowest BCUT2D eigenvalue weighted by Gasteiger charge is -1.91. The van der Waals surface area contributed by atoms with Crippen LogP contribution in [0.15, 0.2) is 37.4 Å². The zero-order valence-electron chi connectivity index (χ0n) is 6.77. The molecule has 0 aliphatic carbocycles. The van der Waals surface area contributed by atoms with Gasteiger partial charge in [0.1, 0.15) is 0 Å². The summed E-state index contributed by atoms with van der Waals surface area (Å²) in [4.78, 5) is 0. The van der Waals surface area contributed by atoms with Gasteiger partial charge in [-0.2, -0.15) is 0 Å². The number of hydrogen-bond acceptors (Lipinski definition) is 4. The standard InChI is InChI=1S/C6H6O2.C2H4.H4N2/c7-5-3-1-2-4-6(5)8;2*1-2/h1-4,7-8H;2*1-2H2. The lowest BCUT2D eigenvalue weighted by Crippen LogP contribution is -2.02. The van der Waals surface area contributed by atoms with Crippen LogP contribution < -0.4 is 11.7 Å². The maximum absolute atomic E-state index is 8.67. The Morgan fingerprint density at radius 3 is 1.33 bits per heavy atom. The van der Waals surface area contributed by atoms with Gasteiger partial charge in [0.15, 0.2) is 11.5 Å². The van der Waals surface area contributed by atoms with Gasteiger partial charge in [-0.05, 0) is 12.1 Å². The van der Waals surface area contributed by atoms with Crippen molar-refractivity contribution in [2.24, 2.45) is 11.7 Å². The predicted octanol–water partition coefficient (Wildman–Crippen LogP) is 0.719. The molecule has 0 spiro atoms. The van der Waals surface area contributed by atoms with E-state index in [-0.39, 0.29) is 11.5 Å². The zero-order valence-corrected chi connectivity index (χ0v) is 6.77. The summed E-state index contributed by atoms with van der Waals surface area (Å²) in [5, 5.41) is 17.3. The molecule has 0 aliphatic rings. The first-order valence-corrected chi connectivity index (χ1v) is 3.11. The van der Waals surface area contributed by atoms with Crippen LogP contribution in [0.5, 0.6) is 11.5 Å². The highest BCUT2D eigenvalue weighted by atomic mass is 16.3. The summed E-state index contributed by atoms with van der Waals surface area (Å²) >= 11 is 0. The molecule has 0 amide bonds. The van der Waals surface area contributed by atoms with Gasteiger partial charge in [-0.1, -0.05) is 12.1 Å². The van der Waals surface area contributed by atoms with Crippen LogP contribution in [0.1, 0.15) is 0 Å². The van der Waals surface area contributed by atoms with E-state index < -0.39 is 0 Å². The topological polar surface area (TPSA) is 92.5 Å². The second-order valence-electron chi connectivity index (χ2n) is 1.49. The summed E-state index contributed by atoms with van der Waals surface area (Å²) in [5.74, 6) is 7.85. The highest BCUT2D eigenvalue weighted by Gasteiger charge is 1.90. The minimum Gasteiger partial charge on any atom is -0.504 e. The van der Waals surface area contributed by atoms with Gasteiger partial charge in [0.2, 0.25) is 0 Å². The minimum absolute atomic E-state index is 0.0764. The van der Waals surface area contributed by atoms with Crippen molar-refractivity contribution < 1.29 is 10.2 Å².